The summed E-state index contributed by atoms with van der Waals surface area (Å²) in [7, 11) is 0. The molecule has 2 heterocycles. The molecule has 4 aromatic rings. The van der Waals surface area contributed by atoms with Gasteiger partial charge >= 0.3 is 0 Å². The van der Waals surface area contributed by atoms with Crippen molar-refractivity contribution in [3.8, 4) is 22.9 Å². The fraction of sp³-hybridized carbons (Fsp3) is 0.0909. The van der Waals surface area contributed by atoms with Gasteiger partial charge in [0.05, 0.1) is 5.52 Å². The Balaban J connectivity index is 1.59. The number of para-hydroxylation sites is 1. The van der Waals surface area contributed by atoms with Gasteiger partial charge in [0.1, 0.15) is 19.0 Å². The molecule has 6 heteroatoms. The highest BCUT2D eigenvalue weighted by molar-refractivity contribution is 9.10. The third kappa shape index (κ3) is 3.27. The zero-order valence-corrected chi connectivity index (χ0v) is 16.4. The van der Waals surface area contributed by atoms with Gasteiger partial charge < -0.3 is 14.8 Å². The van der Waals surface area contributed by atoms with E-state index in [1.165, 1.54) is 0 Å². The summed E-state index contributed by atoms with van der Waals surface area (Å²) in [6.45, 7) is 1.13. The second kappa shape index (κ2) is 7.13. The lowest BCUT2D eigenvalue weighted by Crippen LogP contribution is -2.15. The van der Waals surface area contributed by atoms with Crippen molar-refractivity contribution >= 4 is 38.3 Å². The zero-order valence-electron chi connectivity index (χ0n) is 14.9. The molecule has 0 bridgehead atoms. The fourth-order valence-corrected chi connectivity index (χ4v) is 3.42. The number of hydrogen-bond acceptors (Lipinski definition) is 5. The van der Waals surface area contributed by atoms with Crippen molar-refractivity contribution in [3.05, 3.63) is 71.2 Å². The summed E-state index contributed by atoms with van der Waals surface area (Å²) < 4.78 is 12.3. The van der Waals surface area contributed by atoms with Crippen LogP contribution in [0.15, 0.2) is 71.2 Å². The van der Waals surface area contributed by atoms with E-state index in [-0.39, 0.29) is 0 Å². The van der Waals surface area contributed by atoms with Crippen molar-refractivity contribution in [1.82, 2.24) is 9.97 Å². The maximum atomic E-state index is 5.69. The van der Waals surface area contributed by atoms with Gasteiger partial charge in [-0.15, -0.1) is 0 Å². The van der Waals surface area contributed by atoms with Crippen LogP contribution in [0, 0.1) is 0 Å². The zero-order chi connectivity index (χ0) is 18.9. The lowest BCUT2D eigenvalue weighted by Gasteiger charge is -2.19. The standard InChI is InChI=1S/C22H16BrN3O2/c23-15-7-5-14(6-8-15)21-25-18-4-2-1-3-17(18)22(26-21)24-16-9-10-19-20(13-16)28-12-11-27-19/h1-10,13H,11-12H2,(H,24,25,26). The van der Waals surface area contributed by atoms with Crippen LogP contribution in [0.25, 0.3) is 22.3 Å². The van der Waals surface area contributed by atoms with Crippen molar-refractivity contribution in [3.63, 3.8) is 0 Å². The Morgan fingerprint density at radius 2 is 1.61 bits per heavy atom. The van der Waals surface area contributed by atoms with E-state index in [1.54, 1.807) is 0 Å². The minimum atomic E-state index is 0.556. The van der Waals surface area contributed by atoms with Crippen LogP contribution in [-0.2, 0) is 0 Å². The van der Waals surface area contributed by atoms with Crippen LogP contribution < -0.4 is 14.8 Å². The molecule has 0 radical (unpaired) electrons. The molecule has 1 aliphatic heterocycles. The molecule has 0 spiro atoms. The molecule has 3 aromatic carbocycles. The number of ether oxygens (including phenoxy) is 2. The number of nitrogens with zero attached hydrogens (tertiary/aromatic N) is 2. The molecule has 0 saturated carbocycles. The third-order valence-corrected chi connectivity index (χ3v) is 5.04. The van der Waals surface area contributed by atoms with Gasteiger partial charge in [-0.3, -0.25) is 0 Å². The minimum absolute atomic E-state index is 0.556. The van der Waals surface area contributed by atoms with Gasteiger partial charge in [0.15, 0.2) is 17.3 Å². The first-order valence-corrected chi connectivity index (χ1v) is 9.75. The highest BCUT2D eigenvalue weighted by Crippen LogP contribution is 2.34. The van der Waals surface area contributed by atoms with Crippen LogP contribution in [0.3, 0.4) is 0 Å². The van der Waals surface area contributed by atoms with Crippen molar-refractivity contribution in [2.24, 2.45) is 0 Å². The normalized spacial score (nSPS) is 12.8. The molecule has 0 unspecified atom stereocenters. The number of benzene rings is 3. The molecule has 0 saturated heterocycles. The van der Waals surface area contributed by atoms with Gasteiger partial charge in [-0.25, -0.2) is 9.97 Å². The van der Waals surface area contributed by atoms with Crippen molar-refractivity contribution in [2.45, 2.75) is 0 Å². The SMILES string of the molecule is Brc1ccc(-c2nc(Nc3ccc4c(c3)OCCO4)c3ccccc3n2)cc1. The summed E-state index contributed by atoms with van der Waals surface area (Å²) >= 11 is 3.47. The van der Waals surface area contributed by atoms with Gasteiger partial charge in [-0.2, -0.15) is 0 Å². The molecule has 1 N–H and O–H groups in total. The summed E-state index contributed by atoms with van der Waals surface area (Å²) in [6, 6.07) is 21.8. The number of aromatic nitrogens is 2. The van der Waals surface area contributed by atoms with E-state index in [0.717, 1.165) is 43.9 Å². The van der Waals surface area contributed by atoms with Crippen LogP contribution in [0.4, 0.5) is 11.5 Å². The molecule has 1 aromatic heterocycles. The predicted octanol–water partition coefficient (Wildman–Crippen LogP) is 5.57. The van der Waals surface area contributed by atoms with Gasteiger partial charge in [-0.1, -0.05) is 40.2 Å². The van der Waals surface area contributed by atoms with E-state index in [2.05, 4.69) is 21.2 Å². The molecule has 138 valence electrons. The van der Waals surface area contributed by atoms with Crippen LogP contribution in [0.2, 0.25) is 0 Å². The van der Waals surface area contributed by atoms with Crippen molar-refractivity contribution in [2.75, 3.05) is 18.5 Å². The Bertz CT molecular complexity index is 1160. The largest absolute Gasteiger partial charge is 0.486 e. The third-order valence-electron chi connectivity index (χ3n) is 4.51. The molecule has 28 heavy (non-hydrogen) atoms. The van der Waals surface area contributed by atoms with E-state index in [1.807, 2.05) is 66.7 Å². The van der Waals surface area contributed by atoms with Gasteiger partial charge in [0.2, 0.25) is 0 Å². The lowest BCUT2D eigenvalue weighted by atomic mass is 10.1. The topological polar surface area (TPSA) is 56.3 Å². The molecular weight excluding hydrogens is 418 g/mol. The first-order valence-electron chi connectivity index (χ1n) is 8.96. The van der Waals surface area contributed by atoms with Gasteiger partial charge in [-0.05, 0) is 36.4 Å². The Kier molecular flexibility index (Phi) is 4.33. The van der Waals surface area contributed by atoms with E-state index in [9.17, 15) is 0 Å². The van der Waals surface area contributed by atoms with Crippen LogP contribution in [0.1, 0.15) is 0 Å². The Hall–Kier alpha value is -3.12. The number of halogens is 1. The Labute approximate surface area is 170 Å². The summed E-state index contributed by atoms with van der Waals surface area (Å²) in [5, 5.41) is 4.38. The average Bonchev–Trinajstić information content (AvgIpc) is 2.74. The smallest absolute Gasteiger partial charge is 0.163 e. The lowest BCUT2D eigenvalue weighted by molar-refractivity contribution is 0.171. The van der Waals surface area contributed by atoms with Crippen molar-refractivity contribution in [1.29, 1.82) is 0 Å². The van der Waals surface area contributed by atoms with E-state index in [4.69, 9.17) is 19.4 Å². The summed E-state index contributed by atoms with van der Waals surface area (Å²) in [6.07, 6.45) is 0. The molecule has 0 atom stereocenters. The summed E-state index contributed by atoms with van der Waals surface area (Å²) in [5.74, 6) is 2.93. The molecular formula is C22H16BrN3O2. The quantitative estimate of drug-likeness (QED) is 0.457. The number of hydrogen-bond donors (Lipinski definition) is 1. The fourth-order valence-electron chi connectivity index (χ4n) is 3.16. The highest BCUT2D eigenvalue weighted by Gasteiger charge is 2.14. The number of nitrogens with one attached hydrogen (secondary N) is 1. The number of rotatable bonds is 3. The van der Waals surface area contributed by atoms with E-state index < -0.39 is 0 Å². The van der Waals surface area contributed by atoms with Crippen LogP contribution in [0.5, 0.6) is 11.5 Å². The summed E-state index contributed by atoms with van der Waals surface area (Å²) in [4.78, 5) is 9.54. The Morgan fingerprint density at radius 3 is 2.46 bits per heavy atom. The second-order valence-corrected chi connectivity index (χ2v) is 7.32. The average molecular weight is 434 g/mol. The maximum absolute atomic E-state index is 5.69. The number of fused-ring (bicyclic) bond motifs is 2. The molecule has 5 rings (SSSR count). The first-order chi connectivity index (χ1) is 13.8. The van der Waals surface area contributed by atoms with Crippen molar-refractivity contribution < 1.29 is 9.47 Å². The van der Waals surface area contributed by atoms with Crippen LogP contribution >= 0.6 is 15.9 Å². The predicted molar refractivity (Wildman–Crippen MR) is 113 cm³/mol. The first kappa shape index (κ1) is 17.0. The number of anilines is 2. The Morgan fingerprint density at radius 1 is 0.821 bits per heavy atom. The van der Waals surface area contributed by atoms with E-state index >= 15 is 0 Å². The van der Waals surface area contributed by atoms with Gasteiger partial charge in [0, 0.05) is 27.2 Å². The highest BCUT2D eigenvalue weighted by atomic mass is 79.9. The van der Waals surface area contributed by atoms with Gasteiger partial charge in [0.25, 0.3) is 0 Å². The molecule has 0 amide bonds. The van der Waals surface area contributed by atoms with E-state index in [0.29, 0.717) is 19.0 Å². The second-order valence-electron chi connectivity index (χ2n) is 6.40. The maximum Gasteiger partial charge on any atom is 0.163 e. The molecule has 0 fully saturated rings. The van der Waals surface area contributed by atoms with Crippen LogP contribution in [-0.4, -0.2) is 23.2 Å². The minimum Gasteiger partial charge on any atom is -0.486 e. The molecule has 0 aliphatic carbocycles. The molecule has 5 nitrogen and oxygen atoms in total. The summed E-state index contributed by atoms with van der Waals surface area (Å²) in [5.41, 5.74) is 2.73. The molecule has 1 aliphatic rings. The monoisotopic (exact) mass is 433 g/mol.